The predicted molar refractivity (Wildman–Crippen MR) is 119 cm³/mol. The number of para-hydroxylation sites is 1. The van der Waals surface area contributed by atoms with E-state index in [1.807, 2.05) is 41.9 Å². The van der Waals surface area contributed by atoms with Crippen molar-refractivity contribution in [1.82, 2.24) is 4.57 Å². The van der Waals surface area contributed by atoms with E-state index >= 15 is 0 Å². The summed E-state index contributed by atoms with van der Waals surface area (Å²) in [7, 11) is -0.418. The summed E-state index contributed by atoms with van der Waals surface area (Å²) in [5, 5.41) is 0.967. The molecular formula is C22H19BrN2O3S. The number of anilines is 2. The minimum absolute atomic E-state index is 0.210. The van der Waals surface area contributed by atoms with Gasteiger partial charge in [0.15, 0.2) is 0 Å². The van der Waals surface area contributed by atoms with Crippen molar-refractivity contribution < 1.29 is 13.2 Å². The van der Waals surface area contributed by atoms with Gasteiger partial charge in [-0.3, -0.25) is 0 Å². The lowest BCUT2D eigenvalue weighted by Crippen LogP contribution is -2.27. The fourth-order valence-corrected chi connectivity index (χ4v) is 5.07. The number of benzene rings is 3. The molecule has 0 aliphatic heterocycles. The highest BCUT2D eigenvalue weighted by Gasteiger charge is 2.29. The van der Waals surface area contributed by atoms with Gasteiger partial charge in [-0.2, -0.15) is 0 Å². The van der Waals surface area contributed by atoms with Crippen molar-refractivity contribution >= 4 is 48.4 Å². The molecule has 0 unspecified atom stereocenters. The third kappa shape index (κ3) is 3.52. The zero-order valence-corrected chi connectivity index (χ0v) is 18.3. The molecule has 0 spiro atoms. The Balaban J connectivity index is 1.95. The van der Waals surface area contributed by atoms with E-state index in [1.165, 1.54) is 4.31 Å². The zero-order valence-electron chi connectivity index (χ0n) is 15.9. The quantitative estimate of drug-likeness (QED) is 0.388. The fraction of sp³-hybridized carbons (Fsp3) is 0.0909. The minimum Gasteiger partial charge on any atom is -0.497 e. The molecule has 0 aliphatic rings. The standard InChI is InChI=1S/C22H19BrN2O3S/c1-24-21-6-4-3-5-16(21)15-22(24)25(18-9-11-19(28-2)12-10-18)29(26,27)20-13-7-17(23)8-14-20/h3-15H,1-2H3. The van der Waals surface area contributed by atoms with Gasteiger partial charge in [0.25, 0.3) is 10.0 Å². The fourth-order valence-electron chi connectivity index (χ4n) is 3.29. The molecule has 0 radical (unpaired) electrons. The summed E-state index contributed by atoms with van der Waals surface area (Å²) in [4.78, 5) is 0.210. The van der Waals surface area contributed by atoms with Gasteiger partial charge >= 0.3 is 0 Å². The SMILES string of the molecule is COc1ccc(N(c2cc3ccccc3n2C)S(=O)(=O)c2ccc(Br)cc2)cc1. The molecule has 0 aliphatic carbocycles. The topological polar surface area (TPSA) is 51.5 Å². The van der Waals surface area contributed by atoms with Gasteiger partial charge in [0.2, 0.25) is 0 Å². The first-order valence-electron chi connectivity index (χ1n) is 8.91. The Morgan fingerprint density at radius 3 is 2.21 bits per heavy atom. The van der Waals surface area contributed by atoms with Gasteiger partial charge < -0.3 is 9.30 Å². The first kappa shape index (κ1) is 19.5. The van der Waals surface area contributed by atoms with Crippen LogP contribution in [0.3, 0.4) is 0 Å². The van der Waals surface area contributed by atoms with Crippen LogP contribution in [0.15, 0.2) is 88.2 Å². The number of methoxy groups -OCH3 is 1. The number of nitrogens with zero attached hydrogens (tertiary/aromatic N) is 2. The van der Waals surface area contributed by atoms with Crippen molar-refractivity contribution in [2.45, 2.75) is 4.90 Å². The van der Waals surface area contributed by atoms with Crippen LogP contribution in [0.25, 0.3) is 10.9 Å². The largest absolute Gasteiger partial charge is 0.497 e. The van der Waals surface area contributed by atoms with E-state index < -0.39 is 10.0 Å². The van der Waals surface area contributed by atoms with Crippen molar-refractivity contribution in [2.24, 2.45) is 7.05 Å². The van der Waals surface area contributed by atoms with Crippen molar-refractivity contribution in [3.63, 3.8) is 0 Å². The van der Waals surface area contributed by atoms with Gasteiger partial charge in [-0.05, 0) is 60.7 Å². The summed E-state index contributed by atoms with van der Waals surface area (Å²) in [5.41, 5.74) is 1.48. The Morgan fingerprint density at radius 1 is 0.931 bits per heavy atom. The average Bonchev–Trinajstić information content (AvgIpc) is 3.05. The van der Waals surface area contributed by atoms with E-state index in [4.69, 9.17) is 4.74 Å². The van der Waals surface area contributed by atoms with Gasteiger partial charge in [-0.1, -0.05) is 34.1 Å². The highest BCUT2D eigenvalue weighted by atomic mass is 79.9. The maximum atomic E-state index is 13.7. The number of hydrogen-bond acceptors (Lipinski definition) is 3. The van der Waals surface area contributed by atoms with E-state index in [9.17, 15) is 8.42 Å². The Morgan fingerprint density at radius 2 is 1.59 bits per heavy atom. The van der Waals surface area contributed by atoms with Crippen LogP contribution in [-0.2, 0) is 17.1 Å². The molecule has 0 amide bonds. The molecule has 7 heteroatoms. The first-order chi connectivity index (χ1) is 13.9. The second-order valence-electron chi connectivity index (χ2n) is 6.54. The molecule has 5 nitrogen and oxygen atoms in total. The van der Waals surface area contributed by atoms with Crippen molar-refractivity contribution in [3.05, 3.63) is 83.3 Å². The maximum Gasteiger partial charge on any atom is 0.269 e. The lowest BCUT2D eigenvalue weighted by molar-refractivity contribution is 0.415. The van der Waals surface area contributed by atoms with Crippen LogP contribution in [0.5, 0.6) is 5.75 Å². The number of sulfonamides is 1. The summed E-state index contributed by atoms with van der Waals surface area (Å²) < 4.78 is 36.7. The van der Waals surface area contributed by atoms with Crippen LogP contribution >= 0.6 is 15.9 Å². The molecule has 0 atom stereocenters. The number of hydrogen-bond donors (Lipinski definition) is 0. The van der Waals surface area contributed by atoms with Crippen molar-refractivity contribution in [2.75, 3.05) is 11.4 Å². The number of halogens is 1. The predicted octanol–water partition coefficient (Wildman–Crippen LogP) is 5.48. The molecule has 4 rings (SSSR count). The van der Waals surface area contributed by atoms with E-state index in [0.29, 0.717) is 17.3 Å². The molecule has 3 aromatic carbocycles. The molecule has 0 bridgehead atoms. The van der Waals surface area contributed by atoms with E-state index in [-0.39, 0.29) is 4.90 Å². The molecule has 148 valence electrons. The molecule has 4 aromatic rings. The Kier molecular flexibility index (Phi) is 5.10. The minimum atomic E-state index is -3.86. The summed E-state index contributed by atoms with van der Waals surface area (Å²) in [6.45, 7) is 0. The summed E-state index contributed by atoms with van der Waals surface area (Å²) in [5.74, 6) is 1.21. The molecule has 0 fully saturated rings. The van der Waals surface area contributed by atoms with E-state index in [0.717, 1.165) is 15.4 Å². The van der Waals surface area contributed by atoms with Crippen molar-refractivity contribution in [3.8, 4) is 5.75 Å². The summed E-state index contributed by atoms with van der Waals surface area (Å²) in [6, 6.07) is 23.3. The molecule has 29 heavy (non-hydrogen) atoms. The molecule has 0 saturated heterocycles. The number of aromatic nitrogens is 1. The Labute approximate surface area is 178 Å². The van der Waals surface area contributed by atoms with Gasteiger partial charge in [0.05, 0.1) is 17.7 Å². The molecule has 1 aromatic heterocycles. The van der Waals surface area contributed by atoms with Gasteiger partial charge in [0.1, 0.15) is 11.6 Å². The number of fused-ring (bicyclic) bond motifs is 1. The van der Waals surface area contributed by atoms with E-state index in [2.05, 4.69) is 15.9 Å². The van der Waals surface area contributed by atoms with Gasteiger partial charge in [-0.25, -0.2) is 12.7 Å². The molecule has 0 N–H and O–H groups in total. The second kappa shape index (κ2) is 7.57. The Bertz CT molecular complexity index is 1260. The number of rotatable bonds is 5. The number of aryl methyl sites for hydroxylation is 1. The molecule has 1 heterocycles. The number of ether oxygens (including phenoxy) is 1. The molecule has 0 saturated carbocycles. The van der Waals surface area contributed by atoms with Crippen LogP contribution < -0.4 is 9.04 Å². The smallest absolute Gasteiger partial charge is 0.269 e. The highest BCUT2D eigenvalue weighted by Crippen LogP contribution is 2.36. The van der Waals surface area contributed by atoms with Crippen molar-refractivity contribution in [1.29, 1.82) is 0 Å². The van der Waals surface area contributed by atoms with E-state index in [1.54, 1.807) is 55.6 Å². The second-order valence-corrected chi connectivity index (χ2v) is 9.24. The highest BCUT2D eigenvalue weighted by molar-refractivity contribution is 9.10. The zero-order chi connectivity index (χ0) is 20.6. The lowest BCUT2D eigenvalue weighted by atomic mass is 10.2. The van der Waals surface area contributed by atoms with Crippen LogP contribution in [0, 0.1) is 0 Å². The lowest BCUT2D eigenvalue weighted by Gasteiger charge is -2.25. The third-order valence-corrected chi connectivity index (χ3v) is 7.07. The Hall–Kier alpha value is -2.77. The third-order valence-electron chi connectivity index (χ3n) is 4.79. The van der Waals surface area contributed by atoms with Gasteiger partial charge in [0, 0.05) is 22.4 Å². The normalized spacial score (nSPS) is 11.6. The maximum absolute atomic E-state index is 13.7. The first-order valence-corrected chi connectivity index (χ1v) is 11.1. The summed E-state index contributed by atoms with van der Waals surface area (Å²) >= 11 is 3.36. The average molecular weight is 471 g/mol. The van der Waals surface area contributed by atoms with Crippen LogP contribution in [0.4, 0.5) is 11.5 Å². The van der Waals surface area contributed by atoms with Crippen LogP contribution in [0.1, 0.15) is 0 Å². The monoisotopic (exact) mass is 470 g/mol. The van der Waals surface area contributed by atoms with Crippen LogP contribution in [0.2, 0.25) is 0 Å². The van der Waals surface area contributed by atoms with Crippen LogP contribution in [-0.4, -0.2) is 20.1 Å². The summed E-state index contributed by atoms with van der Waals surface area (Å²) in [6.07, 6.45) is 0. The molecular weight excluding hydrogens is 452 g/mol. The van der Waals surface area contributed by atoms with Gasteiger partial charge in [-0.15, -0.1) is 0 Å².